The Labute approximate surface area is 107 Å². The van der Waals surface area contributed by atoms with Crippen molar-refractivity contribution < 1.29 is 0 Å². The molecule has 88 valence electrons. The average molecular weight is 246 g/mol. The second-order valence-corrected chi connectivity index (χ2v) is 5.48. The molecule has 0 amide bonds. The number of hydrogen-bond acceptors (Lipinski definition) is 1. The quantitative estimate of drug-likeness (QED) is 0.721. The molecule has 0 radical (unpaired) electrons. The summed E-state index contributed by atoms with van der Waals surface area (Å²) < 4.78 is 0. The van der Waals surface area contributed by atoms with Crippen molar-refractivity contribution in [1.29, 1.82) is 0 Å². The first kappa shape index (κ1) is 11.0. The van der Waals surface area contributed by atoms with Crippen molar-refractivity contribution in [2.45, 2.75) is 39.0 Å². The summed E-state index contributed by atoms with van der Waals surface area (Å²) in [6.45, 7) is 4.41. The van der Waals surface area contributed by atoms with E-state index in [1.54, 1.807) is 0 Å². The van der Waals surface area contributed by atoms with Crippen molar-refractivity contribution in [2.24, 2.45) is 0 Å². The summed E-state index contributed by atoms with van der Waals surface area (Å²) in [4.78, 5) is 4.85. The van der Waals surface area contributed by atoms with Crippen LogP contribution in [0.3, 0.4) is 0 Å². The van der Waals surface area contributed by atoms with Crippen molar-refractivity contribution >= 4 is 22.5 Å². The van der Waals surface area contributed by atoms with Crippen molar-refractivity contribution in [3.63, 3.8) is 0 Å². The van der Waals surface area contributed by atoms with Gasteiger partial charge in [-0.1, -0.05) is 43.6 Å². The number of rotatable bonds is 1. The van der Waals surface area contributed by atoms with E-state index in [-0.39, 0.29) is 0 Å². The Morgan fingerprint density at radius 3 is 2.82 bits per heavy atom. The average Bonchev–Trinajstić information content (AvgIpc) is 2.77. The van der Waals surface area contributed by atoms with E-state index in [4.69, 9.17) is 16.6 Å². The lowest BCUT2D eigenvalue weighted by Gasteiger charge is -2.12. The molecule has 1 nitrogen and oxygen atoms in total. The normalized spacial score (nSPS) is 14.6. The summed E-state index contributed by atoms with van der Waals surface area (Å²) in [5, 5.41) is 2.06. The second-order valence-electron chi connectivity index (χ2n) is 5.10. The zero-order chi connectivity index (χ0) is 12.0. The molecule has 1 heterocycles. The molecule has 1 aliphatic carbocycles. The minimum absolute atomic E-state index is 0.488. The summed E-state index contributed by atoms with van der Waals surface area (Å²) in [6.07, 6.45) is 3.36. The Morgan fingerprint density at radius 2 is 2.06 bits per heavy atom. The highest BCUT2D eigenvalue weighted by Crippen LogP contribution is 2.36. The highest BCUT2D eigenvalue weighted by Gasteiger charge is 2.19. The maximum atomic E-state index is 6.52. The third-order valence-electron chi connectivity index (χ3n) is 3.63. The molecule has 0 saturated carbocycles. The molecular formula is C15H16ClN. The molecule has 2 heteroatoms. The lowest BCUT2D eigenvalue weighted by molar-refractivity contribution is 0.869. The summed E-state index contributed by atoms with van der Waals surface area (Å²) in [5.74, 6) is 0.488. The predicted octanol–water partition coefficient (Wildman–Crippen LogP) is 4.50. The number of aryl methyl sites for hydroxylation is 1. The van der Waals surface area contributed by atoms with E-state index >= 15 is 0 Å². The minimum Gasteiger partial charge on any atom is -0.252 e. The van der Waals surface area contributed by atoms with Crippen molar-refractivity contribution in [2.75, 3.05) is 0 Å². The SMILES string of the molecule is CC(C)c1cccc2c(Cl)c3c(nc12)CCC3. The van der Waals surface area contributed by atoms with Crippen LogP contribution in [0.25, 0.3) is 10.9 Å². The van der Waals surface area contributed by atoms with Gasteiger partial charge >= 0.3 is 0 Å². The number of fused-ring (bicyclic) bond motifs is 2. The third kappa shape index (κ3) is 1.64. The summed E-state index contributed by atoms with van der Waals surface area (Å²) >= 11 is 6.52. The molecule has 1 aliphatic rings. The van der Waals surface area contributed by atoms with Gasteiger partial charge in [0.15, 0.2) is 0 Å². The predicted molar refractivity (Wildman–Crippen MR) is 72.9 cm³/mol. The molecule has 3 rings (SSSR count). The van der Waals surface area contributed by atoms with Crippen LogP contribution in [0, 0.1) is 0 Å². The number of hydrogen-bond donors (Lipinski definition) is 0. The van der Waals surface area contributed by atoms with Gasteiger partial charge in [-0.15, -0.1) is 0 Å². The largest absolute Gasteiger partial charge is 0.252 e. The number of pyridine rings is 1. The number of halogens is 1. The fourth-order valence-corrected chi connectivity index (χ4v) is 3.07. The topological polar surface area (TPSA) is 12.9 Å². The zero-order valence-electron chi connectivity index (χ0n) is 10.3. The van der Waals surface area contributed by atoms with Crippen LogP contribution in [-0.2, 0) is 12.8 Å². The van der Waals surface area contributed by atoms with Crippen LogP contribution in [0.1, 0.15) is 43.0 Å². The van der Waals surface area contributed by atoms with E-state index in [2.05, 4.69) is 32.0 Å². The van der Waals surface area contributed by atoms with E-state index in [9.17, 15) is 0 Å². The van der Waals surface area contributed by atoms with Crippen molar-refractivity contribution in [1.82, 2.24) is 4.98 Å². The first-order valence-electron chi connectivity index (χ1n) is 6.28. The van der Waals surface area contributed by atoms with Crippen molar-refractivity contribution in [3.05, 3.63) is 40.0 Å². The van der Waals surface area contributed by atoms with E-state index < -0.39 is 0 Å². The Bertz CT molecular complexity index is 587. The highest BCUT2D eigenvalue weighted by atomic mass is 35.5. The fourth-order valence-electron chi connectivity index (χ4n) is 2.71. The van der Waals surface area contributed by atoms with Gasteiger partial charge in [-0.05, 0) is 36.3 Å². The van der Waals surface area contributed by atoms with Gasteiger partial charge in [0.2, 0.25) is 0 Å². The van der Waals surface area contributed by atoms with Gasteiger partial charge in [-0.2, -0.15) is 0 Å². The molecule has 17 heavy (non-hydrogen) atoms. The number of para-hydroxylation sites is 1. The van der Waals surface area contributed by atoms with Gasteiger partial charge in [-0.25, -0.2) is 0 Å². The number of aromatic nitrogens is 1. The zero-order valence-corrected chi connectivity index (χ0v) is 11.0. The fraction of sp³-hybridized carbons (Fsp3) is 0.400. The lowest BCUT2D eigenvalue weighted by Crippen LogP contribution is -1.97. The van der Waals surface area contributed by atoms with Gasteiger partial charge in [0.25, 0.3) is 0 Å². The molecular weight excluding hydrogens is 230 g/mol. The molecule has 1 aromatic heterocycles. The summed E-state index contributed by atoms with van der Waals surface area (Å²) in [5.41, 5.74) is 4.91. The van der Waals surface area contributed by atoms with E-state index in [1.165, 1.54) is 23.2 Å². The first-order valence-corrected chi connectivity index (χ1v) is 6.66. The molecule has 2 aromatic rings. The van der Waals surface area contributed by atoms with E-state index in [1.807, 2.05) is 0 Å². The second kappa shape index (κ2) is 3.99. The van der Waals surface area contributed by atoms with Crippen LogP contribution in [-0.4, -0.2) is 4.98 Å². The van der Waals surface area contributed by atoms with Gasteiger partial charge in [0, 0.05) is 11.1 Å². The third-order valence-corrected chi connectivity index (χ3v) is 4.06. The van der Waals surface area contributed by atoms with Crippen LogP contribution < -0.4 is 0 Å². The molecule has 0 unspecified atom stereocenters. The van der Waals surface area contributed by atoms with Gasteiger partial charge in [0.05, 0.1) is 10.5 Å². The standard InChI is InChI=1S/C15H16ClN/c1-9(2)10-5-3-7-12-14(16)11-6-4-8-13(11)17-15(10)12/h3,5,7,9H,4,6,8H2,1-2H3. The maximum Gasteiger partial charge on any atom is 0.0755 e. The first-order chi connectivity index (χ1) is 8.18. The molecule has 0 saturated heterocycles. The number of benzene rings is 1. The smallest absolute Gasteiger partial charge is 0.0755 e. The maximum absolute atomic E-state index is 6.52. The van der Waals surface area contributed by atoms with Crippen LogP contribution in [0.5, 0.6) is 0 Å². The van der Waals surface area contributed by atoms with Gasteiger partial charge < -0.3 is 0 Å². The van der Waals surface area contributed by atoms with Crippen LogP contribution in [0.2, 0.25) is 5.02 Å². The van der Waals surface area contributed by atoms with Crippen LogP contribution in [0.4, 0.5) is 0 Å². The Morgan fingerprint density at radius 1 is 1.24 bits per heavy atom. The molecule has 0 N–H and O–H groups in total. The molecule has 0 atom stereocenters. The van der Waals surface area contributed by atoms with Gasteiger partial charge in [-0.3, -0.25) is 4.98 Å². The van der Waals surface area contributed by atoms with Crippen molar-refractivity contribution in [3.8, 4) is 0 Å². The monoisotopic (exact) mass is 245 g/mol. The Hall–Kier alpha value is -1.08. The highest BCUT2D eigenvalue weighted by molar-refractivity contribution is 6.36. The molecule has 0 spiro atoms. The van der Waals surface area contributed by atoms with Crippen LogP contribution >= 0.6 is 11.6 Å². The molecule has 0 bridgehead atoms. The summed E-state index contributed by atoms with van der Waals surface area (Å²) in [6, 6.07) is 6.35. The lowest BCUT2D eigenvalue weighted by atomic mass is 9.98. The molecule has 0 aliphatic heterocycles. The Kier molecular flexibility index (Phi) is 2.59. The minimum atomic E-state index is 0.488. The molecule has 0 fully saturated rings. The van der Waals surface area contributed by atoms with Crippen LogP contribution in [0.15, 0.2) is 18.2 Å². The summed E-state index contributed by atoms with van der Waals surface area (Å²) in [7, 11) is 0. The molecule has 1 aromatic carbocycles. The van der Waals surface area contributed by atoms with Gasteiger partial charge in [0.1, 0.15) is 0 Å². The Balaban J connectivity index is 2.39. The number of nitrogens with zero attached hydrogens (tertiary/aromatic N) is 1. The van der Waals surface area contributed by atoms with E-state index in [0.29, 0.717) is 5.92 Å². The van der Waals surface area contributed by atoms with E-state index in [0.717, 1.165) is 28.8 Å².